The minimum absolute atomic E-state index is 0.335. The molecular formula is C16H11Cl3N6O. The van der Waals surface area contributed by atoms with Gasteiger partial charge in [-0.25, -0.2) is 14.6 Å². The number of hydrogen-bond acceptors (Lipinski definition) is 5. The van der Waals surface area contributed by atoms with Gasteiger partial charge in [0, 0.05) is 15.6 Å². The summed E-state index contributed by atoms with van der Waals surface area (Å²) in [6.45, 7) is 0.335. The minimum atomic E-state index is -1.01. The lowest BCUT2D eigenvalue weighted by Crippen LogP contribution is -2.02. The fourth-order valence-corrected chi connectivity index (χ4v) is 3.20. The third-order valence-corrected chi connectivity index (χ3v) is 4.54. The molecule has 7 nitrogen and oxygen atoms in total. The molecule has 0 amide bonds. The molecule has 26 heavy (non-hydrogen) atoms. The van der Waals surface area contributed by atoms with Crippen molar-refractivity contribution < 1.29 is 5.11 Å². The molecule has 1 unspecified atom stereocenters. The zero-order chi connectivity index (χ0) is 18.3. The molecule has 1 aromatic carbocycles. The first kappa shape index (κ1) is 17.2. The molecule has 1 atom stereocenters. The van der Waals surface area contributed by atoms with Crippen molar-refractivity contribution in [1.29, 1.82) is 0 Å². The normalized spacial score (nSPS) is 12.6. The number of H-pyrrole nitrogens is 1. The van der Waals surface area contributed by atoms with Gasteiger partial charge in [-0.1, -0.05) is 46.1 Å². The van der Waals surface area contributed by atoms with E-state index in [4.69, 9.17) is 34.8 Å². The van der Waals surface area contributed by atoms with E-state index in [2.05, 4.69) is 25.3 Å². The molecule has 0 saturated carbocycles. The van der Waals surface area contributed by atoms with E-state index in [-0.39, 0.29) is 0 Å². The number of rotatable bonds is 4. The van der Waals surface area contributed by atoms with Crippen LogP contribution in [0.25, 0.3) is 11.2 Å². The van der Waals surface area contributed by atoms with Gasteiger partial charge in [0.05, 0.1) is 11.7 Å². The van der Waals surface area contributed by atoms with Crippen LogP contribution < -0.4 is 0 Å². The first-order valence-electron chi connectivity index (χ1n) is 7.54. The van der Waals surface area contributed by atoms with Gasteiger partial charge in [-0.3, -0.25) is 0 Å². The van der Waals surface area contributed by atoms with E-state index in [9.17, 15) is 5.11 Å². The summed E-state index contributed by atoms with van der Waals surface area (Å²) in [6, 6.07) is 8.37. The fourth-order valence-electron chi connectivity index (χ4n) is 2.55. The Labute approximate surface area is 162 Å². The highest BCUT2D eigenvalue weighted by Crippen LogP contribution is 2.29. The smallest absolute Gasteiger partial charge is 0.179 e. The predicted molar refractivity (Wildman–Crippen MR) is 98.5 cm³/mol. The SMILES string of the molecule is OC(c1cn(Cc2nc3nc(Cl)ccc3[nH]2)nn1)c1ccc(Cl)cc1Cl. The molecule has 4 aromatic rings. The van der Waals surface area contributed by atoms with E-state index in [0.29, 0.717) is 44.5 Å². The van der Waals surface area contributed by atoms with Crippen LogP contribution in [-0.2, 0) is 6.54 Å². The average Bonchev–Trinajstić information content (AvgIpc) is 3.20. The van der Waals surface area contributed by atoms with Crippen molar-refractivity contribution >= 4 is 46.0 Å². The van der Waals surface area contributed by atoms with Crippen molar-refractivity contribution in [3.8, 4) is 0 Å². The number of aromatic amines is 1. The third kappa shape index (κ3) is 3.39. The summed E-state index contributed by atoms with van der Waals surface area (Å²) in [5.74, 6) is 0.644. The van der Waals surface area contributed by atoms with Crippen molar-refractivity contribution in [3.05, 3.63) is 68.8 Å². The molecular weight excluding hydrogens is 399 g/mol. The molecule has 3 aromatic heterocycles. The van der Waals surface area contributed by atoms with Crippen molar-refractivity contribution in [1.82, 2.24) is 29.9 Å². The molecule has 0 aliphatic carbocycles. The highest BCUT2D eigenvalue weighted by atomic mass is 35.5. The van der Waals surface area contributed by atoms with Gasteiger partial charge in [0.1, 0.15) is 29.3 Å². The predicted octanol–water partition coefficient (Wildman–Crippen LogP) is 3.64. The molecule has 3 heterocycles. The third-order valence-electron chi connectivity index (χ3n) is 3.77. The first-order valence-corrected chi connectivity index (χ1v) is 8.67. The Bertz CT molecular complexity index is 1090. The van der Waals surface area contributed by atoms with E-state index in [1.165, 1.54) is 0 Å². The van der Waals surface area contributed by atoms with Crippen molar-refractivity contribution in [2.24, 2.45) is 0 Å². The summed E-state index contributed by atoms with van der Waals surface area (Å²) in [4.78, 5) is 11.6. The maximum absolute atomic E-state index is 10.5. The van der Waals surface area contributed by atoms with Crippen LogP contribution in [0.15, 0.2) is 36.5 Å². The summed E-state index contributed by atoms with van der Waals surface area (Å²) in [6.07, 6.45) is 0.619. The highest BCUT2D eigenvalue weighted by molar-refractivity contribution is 6.35. The van der Waals surface area contributed by atoms with Gasteiger partial charge >= 0.3 is 0 Å². The second-order valence-corrected chi connectivity index (χ2v) is 6.83. The van der Waals surface area contributed by atoms with Crippen molar-refractivity contribution in [2.75, 3.05) is 0 Å². The summed E-state index contributed by atoms with van der Waals surface area (Å²) >= 11 is 17.9. The van der Waals surface area contributed by atoms with Gasteiger partial charge < -0.3 is 10.1 Å². The Morgan fingerprint density at radius 3 is 2.77 bits per heavy atom. The molecule has 0 spiro atoms. The monoisotopic (exact) mass is 408 g/mol. The Kier molecular flexibility index (Phi) is 4.54. The quantitative estimate of drug-likeness (QED) is 0.502. The number of nitrogens with one attached hydrogen (secondary N) is 1. The molecule has 0 saturated heterocycles. The largest absolute Gasteiger partial charge is 0.382 e. The number of aliphatic hydroxyl groups excluding tert-OH is 1. The van der Waals surface area contributed by atoms with E-state index in [1.807, 2.05) is 0 Å². The van der Waals surface area contributed by atoms with Crippen molar-refractivity contribution in [2.45, 2.75) is 12.6 Å². The molecule has 10 heteroatoms. The van der Waals surface area contributed by atoms with Gasteiger partial charge in [0.2, 0.25) is 0 Å². The lowest BCUT2D eigenvalue weighted by Gasteiger charge is -2.09. The number of fused-ring (bicyclic) bond motifs is 1. The Balaban J connectivity index is 1.57. The summed E-state index contributed by atoms with van der Waals surface area (Å²) < 4.78 is 1.56. The number of pyridine rings is 1. The van der Waals surface area contributed by atoms with Crippen LogP contribution in [0.1, 0.15) is 23.2 Å². The molecule has 132 valence electrons. The van der Waals surface area contributed by atoms with E-state index < -0.39 is 6.10 Å². The van der Waals surface area contributed by atoms with Crippen LogP contribution in [-0.4, -0.2) is 35.1 Å². The Hall–Kier alpha value is -2.19. The molecule has 0 fully saturated rings. The number of nitrogens with zero attached hydrogens (tertiary/aromatic N) is 5. The van der Waals surface area contributed by atoms with Crippen LogP contribution in [0, 0.1) is 0 Å². The molecule has 0 bridgehead atoms. The number of hydrogen-bond donors (Lipinski definition) is 2. The van der Waals surface area contributed by atoms with Crippen LogP contribution in [0.3, 0.4) is 0 Å². The zero-order valence-electron chi connectivity index (χ0n) is 13.1. The van der Waals surface area contributed by atoms with Crippen LogP contribution in [0.4, 0.5) is 0 Å². The van der Waals surface area contributed by atoms with E-state index in [1.54, 1.807) is 41.2 Å². The number of imidazole rings is 1. The van der Waals surface area contributed by atoms with Gasteiger partial charge in [-0.05, 0) is 24.3 Å². The maximum atomic E-state index is 10.5. The second kappa shape index (κ2) is 6.85. The maximum Gasteiger partial charge on any atom is 0.179 e. The molecule has 2 N–H and O–H groups in total. The van der Waals surface area contributed by atoms with E-state index >= 15 is 0 Å². The Morgan fingerprint density at radius 1 is 1.12 bits per heavy atom. The summed E-state index contributed by atoms with van der Waals surface area (Å²) in [7, 11) is 0. The van der Waals surface area contributed by atoms with Gasteiger partial charge in [0.25, 0.3) is 0 Å². The average molecular weight is 410 g/mol. The number of halogens is 3. The second-order valence-electron chi connectivity index (χ2n) is 5.60. The standard InChI is InChI=1S/C16H11Cl3N6O/c17-8-1-2-9(10(18)5-8)15(26)12-6-25(24-23-12)7-14-20-11-3-4-13(19)21-16(11)22-14/h1-6,15,26H,7H2,(H,20,21,22). The van der Waals surface area contributed by atoms with Crippen LogP contribution in [0.5, 0.6) is 0 Å². The molecule has 4 rings (SSSR count). The van der Waals surface area contributed by atoms with Gasteiger partial charge in [-0.2, -0.15) is 0 Å². The first-order chi connectivity index (χ1) is 12.5. The topological polar surface area (TPSA) is 92.5 Å². The number of aromatic nitrogens is 6. The van der Waals surface area contributed by atoms with E-state index in [0.717, 1.165) is 5.52 Å². The summed E-state index contributed by atoms with van der Waals surface area (Å²) in [5.41, 5.74) is 2.18. The molecule has 0 aliphatic rings. The zero-order valence-corrected chi connectivity index (χ0v) is 15.3. The molecule has 0 radical (unpaired) electrons. The highest BCUT2D eigenvalue weighted by Gasteiger charge is 2.18. The Morgan fingerprint density at radius 2 is 1.96 bits per heavy atom. The fraction of sp³-hybridized carbons (Fsp3) is 0.125. The van der Waals surface area contributed by atoms with Crippen molar-refractivity contribution in [3.63, 3.8) is 0 Å². The lowest BCUT2D eigenvalue weighted by atomic mass is 10.1. The lowest BCUT2D eigenvalue weighted by molar-refractivity contribution is 0.215. The molecule has 0 aliphatic heterocycles. The van der Waals surface area contributed by atoms with Crippen LogP contribution >= 0.6 is 34.8 Å². The van der Waals surface area contributed by atoms with Crippen LogP contribution in [0.2, 0.25) is 15.2 Å². The minimum Gasteiger partial charge on any atom is -0.382 e. The van der Waals surface area contributed by atoms with Gasteiger partial charge in [0.15, 0.2) is 5.65 Å². The number of aliphatic hydroxyl groups is 1. The van der Waals surface area contributed by atoms with Gasteiger partial charge in [-0.15, -0.1) is 5.10 Å². The number of benzene rings is 1. The summed E-state index contributed by atoms with van der Waals surface area (Å²) in [5, 5.41) is 19.8.